The van der Waals surface area contributed by atoms with Crippen molar-refractivity contribution in [1.82, 2.24) is 5.48 Å². The first-order chi connectivity index (χ1) is 16.0. The minimum Gasteiger partial charge on any atom is -0.341 e. The Morgan fingerprint density at radius 2 is 1.91 bits per heavy atom. The third-order valence-corrected chi connectivity index (χ3v) is 5.79. The minimum absolute atomic E-state index is 0.134. The van der Waals surface area contributed by atoms with Gasteiger partial charge in [0, 0.05) is 17.6 Å². The zero-order valence-electron chi connectivity index (χ0n) is 19.3. The molecule has 4 rings (SSSR count). The van der Waals surface area contributed by atoms with Crippen LogP contribution in [-0.4, -0.2) is 17.7 Å². The molecule has 2 aliphatic rings. The highest BCUT2D eigenvalue weighted by Crippen LogP contribution is 2.33. The number of nitrogens with one attached hydrogen (secondary N) is 2. The topological polar surface area (TPSA) is 66.0 Å². The predicted molar refractivity (Wildman–Crippen MR) is 134 cm³/mol. The summed E-state index contributed by atoms with van der Waals surface area (Å²) in [6, 6.07) is 17.9. The van der Waals surface area contributed by atoms with Gasteiger partial charge in [0.1, 0.15) is 11.5 Å². The third-order valence-electron chi connectivity index (χ3n) is 5.79. The zero-order chi connectivity index (χ0) is 23.4. The largest absolute Gasteiger partial charge is 0.341 e. The van der Waals surface area contributed by atoms with Crippen LogP contribution in [0.4, 0.5) is 11.4 Å². The molecule has 0 amide bonds. The molecule has 0 aromatic heterocycles. The fourth-order valence-corrected chi connectivity index (χ4v) is 3.60. The van der Waals surface area contributed by atoms with E-state index in [1.54, 1.807) is 12.3 Å². The number of hydrogen-bond acceptors (Lipinski definition) is 5. The van der Waals surface area contributed by atoms with Gasteiger partial charge in [0.2, 0.25) is 5.78 Å². The molecule has 1 heterocycles. The van der Waals surface area contributed by atoms with E-state index in [1.807, 2.05) is 54.3 Å². The molecule has 0 spiro atoms. The molecule has 2 atom stereocenters. The third kappa shape index (κ3) is 5.23. The van der Waals surface area contributed by atoms with Crippen LogP contribution in [0.2, 0.25) is 0 Å². The molecule has 1 aliphatic heterocycles. The number of carbonyl (C=O) groups is 1. The van der Waals surface area contributed by atoms with E-state index in [2.05, 4.69) is 43.4 Å². The van der Waals surface area contributed by atoms with Crippen molar-refractivity contribution >= 4 is 23.0 Å². The summed E-state index contributed by atoms with van der Waals surface area (Å²) in [5, 5.41) is 3.20. The van der Waals surface area contributed by atoms with E-state index >= 15 is 0 Å². The van der Waals surface area contributed by atoms with Gasteiger partial charge in [-0.15, -0.1) is 0 Å². The van der Waals surface area contributed by atoms with Crippen molar-refractivity contribution in [3.8, 4) is 0 Å². The van der Waals surface area contributed by atoms with Gasteiger partial charge in [0.25, 0.3) is 0 Å². The van der Waals surface area contributed by atoms with Crippen LogP contribution in [-0.2, 0) is 16.1 Å². The molecule has 6 nitrogen and oxygen atoms in total. The molecular formula is C27H30N4O2. The number of carbonyl (C=O) groups excluding carboxylic acids is 1. The van der Waals surface area contributed by atoms with E-state index in [4.69, 9.17) is 9.83 Å². The standard InChI is InChI=1S/C27H30N4O2/c1-5-20-12-14-22(15-13-20)31-17-24(30-33-25-16-18(25)3)26(32)23(6-2)27(31)29-19(4)28-21-10-8-7-9-11-21/h6-15,17-18,25,28,30H,4-5,16H2,1-3H3/b23-6-,29-27+. The van der Waals surface area contributed by atoms with Crippen LogP contribution in [0.5, 0.6) is 0 Å². The summed E-state index contributed by atoms with van der Waals surface area (Å²) in [6.45, 7) is 10.1. The Balaban J connectivity index is 1.69. The first kappa shape index (κ1) is 22.6. The Labute approximate surface area is 195 Å². The lowest BCUT2D eigenvalue weighted by Crippen LogP contribution is -2.40. The Morgan fingerprint density at radius 1 is 1.21 bits per heavy atom. The number of Topliss-reactive ketones (excluding diaryl/α,β-unsaturated/α-hetero) is 1. The molecule has 2 N–H and O–H groups in total. The number of aliphatic imine (C=N–C) groups is 1. The molecular weight excluding hydrogens is 412 g/mol. The molecule has 0 radical (unpaired) electrons. The van der Waals surface area contributed by atoms with Gasteiger partial charge in [-0.1, -0.05) is 56.8 Å². The summed E-state index contributed by atoms with van der Waals surface area (Å²) in [6.07, 6.45) is 5.60. The van der Waals surface area contributed by atoms with Gasteiger partial charge in [-0.2, -0.15) is 0 Å². The molecule has 6 heteroatoms. The van der Waals surface area contributed by atoms with Gasteiger partial charge in [0.05, 0.1) is 11.7 Å². The highest BCUT2D eigenvalue weighted by Gasteiger charge is 2.36. The lowest BCUT2D eigenvalue weighted by atomic mass is 10.0. The fourth-order valence-electron chi connectivity index (χ4n) is 3.60. The molecule has 0 bridgehead atoms. The Morgan fingerprint density at radius 3 is 2.52 bits per heavy atom. The van der Waals surface area contributed by atoms with E-state index in [9.17, 15) is 4.79 Å². The first-order valence-electron chi connectivity index (χ1n) is 11.3. The van der Waals surface area contributed by atoms with Crippen molar-refractivity contribution in [2.75, 3.05) is 10.2 Å². The maximum absolute atomic E-state index is 13.3. The van der Waals surface area contributed by atoms with Gasteiger partial charge in [0.15, 0.2) is 5.84 Å². The van der Waals surface area contributed by atoms with Gasteiger partial charge in [-0.25, -0.2) is 4.99 Å². The number of aryl methyl sites for hydroxylation is 1. The zero-order valence-corrected chi connectivity index (χ0v) is 19.3. The number of amidine groups is 1. The first-order valence-corrected chi connectivity index (χ1v) is 11.3. The minimum atomic E-state index is -0.168. The second kappa shape index (κ2) is 9.88. The van der Waals surface area contributed by atoms with Crippen molar-refractivity contribution < 1.29 is 9.63 Å². The number of hydrogen-bond donors (Lipinski definition) is 2. The smallest absolute Gasteiger partial charge is 0.216 e. The second-order valence-corrected chi connectivity index (χ2v) is 8.31. The maximum Gasteiger partial charge on any atom is 0.216 e. The molecule has 2 unspecified atom stereocenters. The van der Waals surface area contributed by atoms with Crippen molar-refractivity contribution in [2.45, 2.75) is 39.7 Å². The molecule has 1 saturated carbocycles. The van der Waals surface area contributed by atoms with E-state index < -0.39 is 0 Å². The lowest BCUT2D eigenvalue weighted by Gasteiger charge is -2.30. The van der Waals surface area contributed by atoms with Gasteiger partial charge in [-0.3, -0.25) is 20.0 Å². The van der Waals surface area contributed by atoms with Crippen LogP contribution in [0.1, 0.15) is 32.8 Å². The Kier molecular flexibility index (Phi) is 6.75. The summed E-state index contributed by atoms with van der Waals surface area (Å²) in [7, 11) is 0. The SMILES string of the molecule is C=C(/N=C1\C(=C/C)C(=O)C(NOC2CC2C)=CN1c1ccc(CC)cc1)Nc1ccccc1. The van der Waals surface area contributed by atoms with Gasteiger partial charge < -0.3 is 5.32 Å². The summed E-state index contributed by atoms with van der Waals surface area (Å²) in [4.78, 5) is 25.6. The van der Waals surface area contributed by atoms with Gasteiger partial charge in [-0.05, 0) is 55.5 Å². The number of ketones is 1. The summed E-state index contributed by atoms with van der Waals surface area (Å²) < 4.78 is 0. The van der Waals surface area contributed by atoms with Crippen LogP contribution in [0, 0.1) is 5.92 Å². The van der Waals surface area contributed by atoms with E-state index in [1.165, 1.54) is 5.56 Å². The number of para-hydroxylation sites is 1. The fraction of sp³-hybridized carbons (Fsp3) is 0.259. The number of benzene rings is 2. The monoisotopic (exact) mass is 442 g/mol. The number of nitrogens with zero attached hydrogens (tertiary/aromatic N) is 2. The molecule has 0 saturated heterocycles. The number of rotatable bonds is 8. The van der Waals surface area contributed by atoms with Crippen molar-refractivity contribution in [3.05, 3.63) is 96.1 Å². The lowest BCUT2D eigenvalue weighted by molar-refractivity contribution is -0.114. The molecule has 1 aliphatic carbocycles. The van der Waals surface area contributed by atoms with Crippen LogP contribution < -0.4 is 15.7 Å². The maximum atomic E-state index is 13.3. The highest BCUT2D eigenvalue weighted by molar-refractivity contribution is 6.34. The van der Waals surface area contributed by atoms with E-state index in [-0.39, 0.29) is 11.9 Å². The molecule has 170 valence electrons. The normalized spacial score (nSPS) is 22.3. The van der Waals surface area contributed by atoms with Gasteiger partial charge >= 0.3 is 0 Å². The second-order valence-electron chi connectivity index (χ2n) is 8.31. The van der Waals surface area contributed by atoms with Crippen molar-refractivity contribution in [1.29, 1.82) is 0 Å². The molecule has 33 heavy (non-hydrogen) atoms. The molecule has 1 fully saturated rings. The average Bonchev–Trinajstić information content (AvgIpc) is 3.54. The number of hydroxylamine groups is 1. The van der Waals surface area contributed by atoms with Crippen LogP contribution in [0.25, 0.3) is 0 Å². The quantitative estimate of drug-likeness (QED) is 0.427. The van der Waals surface area contributed by atoms with E-state index in [0.717, 1.165) is 24.2 Å². The van der Waals surface area contributed by atoms with Crippen LogP contribution in [0.3, 0.4) is 0 Å². The molecule has 2 aromatic rings. The van der Waals surface area contributed by atoms with E-state index in [0.29, 0.717) is 28.8 Å². The summed E-state index contributed by atoms with van der Waals surface area (Å²) >= 11 is 0. The van der Waals surface area contributed by atoms with Crippen molar-refractivity contribution in [3.63, 3.8) is 0 Å². The van der Waals surface area contributed by atoms with Crippen LogP contribution >= 0.6 is 0 Å². The number of anilines is 2. The summed E-state index contributed by atoms with van der Waals surface area (Å²) in [5.41, 5.74) is 6.76. The van der Waals surface area contributed by atoms with Crippen LogP contribution in [0.15, 0.2) is 95.5 Å². The summed E-state index contributed by atoms with van der Waals surface area (Å²) in [5.74, 6) is 1.27. The number of allylic oxidation sites excluding steroid dienone is 2. The molecule has 2 aromatic carbocycles. The Hall–Kier alpha value is -3.64. The Bertz CT molecular complexity index is 1120. The highest BCUT2D eigenvalue weighted by atomic mass is 16.7. The average molecular weight is 443 g/mol. The predicted octanol–water partition coefficient (Wildman–Crippen LogP) is 5.34. The van der Waals surface area contributed by atoms with Crippen molar-refractivity contribution in [2.24, 2.45) is 10.9 Å².